The number of aliphatic hydroxyl groups is 1. The number of benzene rings is 1. The molecular formula is C14H18F2O4. The van der Waals surface area contributed by atoms with E-state index in [1.807, 2.05) is 0 Å². The van der Waals surface area contributed by atoms with Crippen molar-refractivity contribution in [2.24, 2.45) is 0 Å². The van der Waals surface area contributed by atoms with Crippen LogP contribution in [0.25, 0.3) is 0 Å². The fraction of sp³-hybridized carbons (Fsp3) is 0.571. The lowest BCUT2D eigenvalue weighted by Gasteiger charge is -2.22. The van der Waals surface area contributed by atoms with Crippen LogP contribution in [0.4, 0.5) is 8.78 Å². The van der Waals surface area contributed by atoms with Crippen LogP contribution in [0, 0.1) is 0 Å². The van der Waals surface area contributed by atoms with Gasteiger partial charge in [-0.2, -0.15) is 8.78 Å². The predicted octanol–water partition coefficient (Wildman–Crippen LogP) is 2.65. The van der Waals surface area contributed by atoms with Gasteiger partial charge in [-0.25, -0.2) is 0 Å². The number of halogens is 2. The third-order valence-corrected chi connectivity index (χ3v) is 2.98. The summed E-state index contributed by atoms with van der Waals surface area (Å²) in [5, 5.41) is 8.63. The zero-order chi connectivity index (χ0) is 14.4. The molecular weight excluding hydrogens is 270 g/mol. The van der Waals surface area contributed by atoms with E-state index in [0.29, 0.717) is 13.2 Å². The number of alkyl halides is 2. The maximum atomic E-state index is 12.7. The van der Waals surface area contributed by atoms with Crippen molar-refractivity contribution >= 4 is 0 Å². The monoisotopic (exact) mass is 288 g/mol. The van der Waals surface area contributed by atoms with Crippen LogP contribution >= 0.6 is 0 Å². The third kappa shape index (κ3) is 4.70. The Kier molecular flexibility index (Phi) is 5.28. The zero-order valence-corrected chi connectivity index (χ0v) is 11.1. The molecule has 0 aliphatic carbocycles. The molecule has 2 rings (SSSR count). The molecule has 0 radical (unpaired) electrons. The molecule has 1 fully saturated rings. The largest absolute Gasteiger partial charge is 0.491 e. The molecule has 1 unspecified atom stereocenters. The summed E-state index contributed by atoms with van der Waals surface area (Å²) in [5.74, 6) is 0.268. The van der Waals surface area contributed by atoms with Gasteiger partial charge < -0.3 is 19.3 Å². The van der Waals surface area contributed by atoms with Crippen LogP contribution in [-0.2, 0) is 15.6 Å². The summed E-state index contributed by atoms with van der Waals surface area (Å²) < 4.78 is 41.6. The Morgan fingerprint density at radius 3 is 2.85 bits per heavy atom. The Hall–Kier alpha value is -1.24. The Morgan fingerprint density at radius 1 is 1.30 bits per heavy atom. The summed E-state index contributed by atoms with van der Waals surface area (Å²) in [4.78, 5) is 0. The molecule has 1 aliphatic heterocycles. The second-order valence-corrected chi connectivity index (χ2v) is 4.58. The number of hydrogen-bond acceptors (Lipinski definition) is 4. The van der Waals surface area contributed by atoms with Gasteiger partial charge in [0.2, 0.25) is 0 Å². The minimum absolute atomic E-state index is 0.194. The highest BCUT2D eigenvalue weighted by molar-refractivity contribution is 5.30. The molecule has 0 bridgehead atoms. The van der Waals surface area contributed by atoms with Crippen molar-refractivity contribution in [3.8, 4) is 5.75 Å². The van der Waals surface area contributed by atoms with Gasteiger partial charge in [0.1, 0.15) is 12.4 Å². The lowest BCUT2D eigenvalue weighted by Crippen LogP contribution is -2.24. The summed E-state index contributed by atoms with van der Waals surface area (Å²) in [6, 6.07) is 5.20. The van der Waals surface area contributed by atoms with Crippen molar-refractivity contribution in [1.29, 1.82) is 0 Å². The number of ether oxygens (including phenoxy) is 3. The molecule has 0 amide bonds. The topological polar surface area (TPSA) is 47.9 Å². The summed E-state index contributed by atoms with van der Waals surface area (Å²) >= 11 is 0. The third-order valence-electron chi connectivity index (χ3n) is 2.98. The van der Waals surface area contributed by atoms with E-state index in [1.165, 1.54) is 6.07 Å². The van der Waals surface area contributed by atoms with E-state index >= 15 is 0 Å². The Balaban J connectivity index is 1.73. The molecule has 0 aromatic heterocycles. The molecule has 1 aliphatic rings. The van der Waals surface area contributed by atoms with Gasteiger partial charge in [-0.15, -0.1) is 0 Å². The standard InChI is InChI=1S/C14H18F2O4/c15-14(16,17)11-4-3-5-12(10-11)18-8-9-20-13-6-1-2-7-19-13/h3-5,10,13,17H,1-2,6-9H2. The van der Waals surface area contributed by atoms with Gasteiger partial charge in [-0.3, -0.25) is 0 Å². The highest BCUT2D eigenvalue weighted by atomic mass is 19.3. The van der Waals surface area contributed by atoms with Gasteiger partial charge in [0.25, 0.3) is 0 Å². The molecule has 0 spiro atoms. The molecule has 1 aromatic rings. The van der Waals surface area contributed by atoms with Crippen molar-refractivity contribution in [3.05, 3.63) is 29.8 Å². The second-order valence-electron chi connectivity index (χ2n) is 4.58. The summed E-state index contributed by atoms with van der Waals surface area (Å²) in [6.07, 6.45) is -1.05. The first-order valence-electron chi connectivity index (χ1n) is 6.62. The molecule has 112 valence electrons. The minimum Gasteiger partial charge on any atom is -0.491 e. The van der Waals surface area contributed by atoms with Crippen LogP contribution in [0.15, 0.2) is 24.3 Å². The van der Waals surface area contributed by atoms with E-state index in [9.17, 15) is 8.78 Å². The average Bonchev–Trinajstić information content (AvgIpc) is 2.44. The molecule has 4 nitrogen and oxygen atoms in total. The summed E-state index contributed by atoms with van der Waals surface area (Å²) in [6.45, 7) is 1.27. The molecule has 0 saturated carbocycles. The molecule has 20 heavy (non-hydrogen) atoms. The van der Waals surface area contributed by atoms with Crippen LogP contribution < -0.4 is 4.74 Å². The van der Waals surface area contributed by atoms with Crippen molar-refractivity contribution in [3.63, 3.8) is 0 Å². The van der Waals surface area contributed by atoms with E-state index in [2.05, 4.69) is 0 Å². The van der Waals surface area contributed by atoms with Gasteiger partial charge in [-0.05, 0) is 31.4 Å². The van der Waals surface area contributed by atoms with Crippen LogP contribution in [0.5, 0.6) is 5.75 Å². The van der Waals surface area contributed by atoms with Gasteiger partial charge in [0.05, 0.1) is 12.2 Å². The van der Waals surface area contributed by atoms with E-state index in [-0.39, 0.29) is 18.6 Å². The van der Waals surface area contributed by atoms with Gasteiger partial charge in [-0.1, -0.05) is 12.1 Å². The van der Waals surface area contributed by atoms with Gasteiger partial charge in [0, 0.05) is 6.61 Å². The van der Waals surface area contributed by atoms with Crippen molar-refractivity contribution in [2.75, 3.05) is 19.8 Å². The highest BCUT2D eigenvalue weighted by Gasteiger charge is 2.27. The summed E-state index contributed by atoms with van der Waals surface area (Å²) in [5.41, 5.74) is -0.494. The maximum absolute atomic E-state index is 12.7. The normalized spacial score (nSPS) is 19.9. The summed E-state index contributed by atoms with van der Waals surface area (Å²) in [7, 11) is 0. The molecule has 1 aromatic carbocycles. The molecule has 1 heterocycles. The lowest BCUT2D eigenvalue weighted by atomic mass is 10.2. The molecule has 6 heteroatoms. The predicted molar refractivity (Wildman–Crippen MR) is 67.6 cm³/mol. The molecule has 1 atom stereocenters. The fourth-order valence-electron chi connectivity index (χ4n) is 1.95. The van der Waals surface area contributed by atoms with Crippen LogP contribution in [0.1, 0.15) is 24.8 Å². The average molecular weight is 288 g/mol. The smallest absolute Gasteiger partial charge is 0.381 e. The first-order chi connectivity index (χ1) is 9.55. The van der Waals surface area contributed by atoms with Crippen molar-refractivity contribution in [1.82, 2.24) is 0 Å². The van der Waals surface area contributed by atoms with Gasteiger partial charge >= 0.3 is 6.11 Å². The van der Waals surface area contributed by atoms with Crippen molar-refractivity contribution < 1.29 is 28.1 Å². The first kappa shape index (κ1) is 15.2. The van der Waals surface area contributed by atoms with E-state index < -0.39 is 11.7 Å². The van der Waals surface area contributed by atoms with E-state index in [0.717, 1.165) is 31.4 Å². The second kappa shape index (κ2) is 6.97. The SMILES string of the molecule is OC(F)(F)c1cccc(OCCOC2CCCCO2)c1. The van der Waals surface area contributed by atoms with Crippen LogP contribution in [0.3, 0.4) is 0 Å². The van der Waals surface area contributed by atoms with E-state index in [1.54, 1.807) is 6.07 Å². The Bertz CT molecular complexity index is 414. The molecule has 1 N–H and O–H groups in total. The Labute approximate surface area is 116 Å². The van der Waals surface area contributed by atoms with E-state index in [4.69, 9.17) is 19.3 Å². The Morgan fingerprint density at radius 2 is 2.15 bits per heavy atom. The number of rotatable bonds is 6. The van der Waals surface area contributed by atoms with Crippen LogP contribution in [-0.4, -0.2) is 31.2 Å². The fourth-order valence-corrected chi connectivity index (χ4v) is 1.95. The van der Waals surface area contributed by atoms with Crippen LogP contribution in [0.2, 0.25) is 0 Å². The highest BCUT2D eigenvalue weighted by Crippen LogP contribution is 2.27. The zero-order valence-electron chi connectivity index (χ0n) is 11.1. The lowest BCUT2D eigenvalue weighted by molar-refractivity contribution is -0.208. The first-order valence-corrected chi connectivity index (χ1v) is 6.62. The quantitative estimate of drug-likeness (QED) is 0.818. The maximum Gasteiger partial charge on any atom is 0.381 e. The number of hydrogen-bond donors (Lipinski definition) is 1. The van der Waals surface area contributed by atoms with Gasteiger partial charge in [0.15, 0.2) is 6.29 Å². The minimum atomic E-state index is -3.86. The van der Waals surface area contributed by atoms with Crippen molar-refractivity contribution in [2.45, 2.75) is 31.7 Å². The molecule has 1 saturated heterocycles.